The lowest BCUT2D eigenvalue weighted by atomic mass is 9.81. The molecule has 0 aromatic carbocycles. The molecule has 0 heterocycles. The number of carbonyl (C=O) groups excluding carboxylic acids is 2. The minimum absolute atomic E-state index is 0.148. The van der Waals surface area contributed by atoms with Crippen LogP contribution in [0.4, 0.5) is 0 Å². The maximum absolute atomic E-state index is 12.2. The summed E-state index contributed by atoms with van der Waals surface area (Å²) in [6, 6.07) is -0.227. The number of unbranched alkanes of at least 4 members (excludes halogenated alkanes) is 5. The molecule has 0 saturated heterocycles. The highest BCUT2D eigenvalue weighted by Gasteiger charge is 2.28. The van der Waals surface area contributed by atoms with Crippen molar-refractivity contribution in [2.45, 2.75) is 122 Å². The Balaban J connectivity index is 2.18. The summed E-state index contributed by atoms with van der Waals surface area (Å²) in [6.45, 7) is 4.69. The summed E-state index contributed by atoms with van der Waals surface area (Å²) in [7, 11) is 0. The average Bonchev–Trinajstić information content (AvgIpc) is 2.65. The monoisotopic (exact) mass is 397 g/mol. The number of hydrogen-bond acceptors (Lipinski definition) is 5. The van der Waals surface area contributed by atoms with E-state index in [2.05, 4.69) is 5.32 Å². The van der Waals surface area contributed by atoms with Crippen molar-refractivity contribution in [3.8, 4) is 0 Å². The molecule has 0 aliphatic heterocycles. The first-order valence-electron chi connectivity index (χ1n) is 11.6. The van der Waals surface area contributed by atoms with Gasteiger partial charge in [0.25, 0.3) is 0 Å². The number of nitrogens with one attached hydrogen (secondary N) is 1. The van der Waals surface area contributed by atoms with Crippen LogP contribution in [-0.4, -0.2) is 41.7 Å². The third-order valence-corrected chi connectivity index (χ3v) is 5.84. The standard InChI is InChI=1S/C23H43NO4/c1-3-28-22(26)21(15-9-6-4-5-8-14-20(2)25)24-19-13-12-18-23(27)16-10-7-11-17-23/h21,24,27H,3-19H2,1-2H3. The van der Waals surface area contributed by atoms with Crippen LogP contribution in [-0.2, 0) is 14.3 Å². The zero-order chi connectivity index (χ0) is 20.7. The lowest BCUT2D eigenvalue weighted by molar-refractivity contribution is -0.145. The van der Waals surface area contributed by atoms with E-state index < -0.39 is 5.60 Å². The van der Waals surface area contributed by atoms with Crippen molar-refractivity contribution >= 4 is 11.8 Å². The molecule has 1 atom stereocenters. The molecule has 164 valence electrons. The number of Topliss-reactive ketones (excluding diaryl/α,β-unsaturated/α-hetero) is 1. The van der Waals surface area contributed by atoms with Gasteiger partial charge < -0.3 is 20.0 Å². The zero-order valence-corrected chi connectivity index (χ0v) is 18.3. The predicted octanol–water partition coefficient (Wildman–Crippen LogP) is 4.69. The highest BCUT2D eigenvalue weighted by molar-refractivity contribution is 5.75. The van der Waals surface area contributed by atoms with E-state index >= 15 is 0 Å². The molecule has 1 aliphatic carbocycles. The third-order valence-electron chi connectivity index (χ3n) is 5.84. The smallest absolute Gasteiger partial charge is 0.323 e. The van der Waals surface area contributed by atoms with Crippen molar-refractivity contribution in [3.63, 3.8) is 0 Å². The van der Waals surface area contributed by atoms with Crippen LogP contribution in [0.5, 0.6) is 0 Å². The van der Waals surface area contributed by atoms with Crippen molar-refractivity contribution in [1.82, 2.24) is 5.32 Å². The second-order valence-electron chi connectivity index (χ2n) is 8.51. The lowest BCUT2D eigenvalue weighted by Crippen LogP contribution is -2.39. The summed E-state index contributed by atoms with van der Waals surface area (Å²) in [5, 5.41) is 13.9. The van der Waals surface area contributed by atoms with Gasteiger partial charge in [-0.05, 0) is 65.3 Å². The van der Waals surface area contributed by atoms with E-state index in [0.717, 1.165) is 90.0 Å². The van der Waals surface area contributed by atoms with Crippen LogP contribution in [0, 0.1) is 0 Å². The molecule has 0 aromatic rings. The van der Waals surface area contributed by atoms with Crippen molar-refractivity contribution in [1.29, 1.82) is 0 Å². The van der Waals surface area contributed by atoms with Gasteiger partial charge in [-0.25, -0.2) is 0 Å². The maximum atomic E-state index is 12.2. The Labute approximate surface area is 172 Å². The molecular weight excluding hydrogens is 354 g/mol. The second-order valence-corrected chi connectivity index (χ2v) is 8.51. The second kappa shape index (κ2) is 15.0. The van der Waals surface area contributed by atoms with E-state index in [0.29, 0.717) is 13.0 Å². The lowest BCUT2D eigenvalue weighted by Gasteiger charge is -2.32. The zero-order valence-electron chi connectivity index (χ0n) is 18.3. The van der Waals surface area contributed by atoms with Gasteiger partial charge in [0.1, 0.15) is 11.8 Å². The van der Waals surface area contributed by atoms with E-state index in [1.807, 2.05) is 6.92 Å². The molecule has 5 heteroatoms. The van der Waals surface area contributed by atoms with Crippen LogP contribution in [0.25, 0.3) is 0 Å². The minimum Gasteiger partial charge on any atom is -0.465 e. The summed E-state index contributed by atoms with van der Waals surface area (Å²) < 4.78 is 5.22. The number of ketones is 1. The molecule has 0 aromatic heterocycles. The van der Waals surface area contributed by atoms with Gasteiger partial charge in [0.2, 0.25) is 0 Å². The van der Waals surface area contributed by atoms with Gasteiger partial charge in [-0.2, -0.15) is 0 Å². The molecule has 28 heavy (non-hydrogen) atoms. The molecule has 1 unspecified atom stereocenters. The summed E-state index contributed by atoms with van der Waals surface area (Å²) in [5.74, 6) is 0.118. The van der Waals surface area contributed by atoms with Gasteiger partial charge in [-0.1, -0.05) is 44.9 Å². The summed E-state index contributed by atoms with van der Waals surface area (Å²) >= 11 is 0. The van der Waals surface area contributed by atoms with E-state index in [1.54, 1.807) is 6.92 Å². The Kier molecular flexibility index (Phi) is 13.4. The average molecular weight is 398 g/mol. The third kappa shape index (κ3) is 11.8. The van der Waals surface area contributed by atoms with Crippen molar-refractivity contribution in [2.75, 3.05) is 13.2 Å². The fourth-order valence-electron chi connectivity index (χ4n) is 4.11. The molecule has 0 radical (unpaired) electrons. The van der Waals surface area contributed by atoms with Crippen LogP contribution in [0.15, 0.2) is 0 Å². The molecule has 1 saturated carbocycles. The first-order valence-corrected chi connectivity index (χ1v) is 11.6. The number of carbonyl (C=O) groups is 2. The van der Waals surface area contributed by atoms with Gasteiger partial charge in [-0.3, -0.25) is 4.79 Å². The fraction of sp³-hybridized carbons (Fsp3) is 0.913. The van der Waals surface area contributed by atoms with Gasteiger partial charge in [-0.15, -0.1) is 0 Å². The highest BCUT2D eigenvalue weighted by Crippen LogP contribution is 2.32. The predicted molar refractivity (Wildman–Crippen MR) is 113 cm³/mol. The van der Waals surface area contributed by atoms with Gasteiger partial charge >= 0.3 is 5.97 Å². The Morgan fingerprint density at radius 3 is 2.36 bits per heavy atom. The summed E-state index contributed by atoms with van der Waals surface area (Å²) in [6.07, 6.45) is 15.0. The normalized spacial score (nSPS) is 17.2. The molecule has 1 rings (SSSR count). The van der Waals surface area contributed by atoms with Gasteiger partial charge in [0.15, 0.2) is 0 Å². The minimum atomic E-state index is -0.443. The van der Waals surface area contributed by atoms with Gasteiger partial charge in [0.05, 0.1) is 12.2 Å². The van der Waals surface area contributed by atoms with E-state index in [9.17, 15) is 14.7 Å². The molecule has 0 amide bonds. The van der Waals surface area contributed by atoms with Crippen LogP contribution < -0.4 is 5.32 Å². The molecule has 0 spiro atoms. The van der Waals surface area contributed by atoms with E-state index in [4.69, 9.17) is 4.74 Å². The van der Waals surface area contributed by atoms with E-state index in [1.165, 1.54) is 6.42 Å². The van der Waals surface area contributed by atoms with Crippen LogP contribution in [0.1, 0.15) is 110 Å². The topological polar surface area (TPSA) is 75.6 Å². The SMILES string of the molecule is CCOC(=O)C(CCCCCCCC(C)=O)NCCCCC1(O)CCCCC1. The Morgan fingerprint density at radius 1 is 1.00 bits per heavy atom. The highest BCUT2D eigenvalue weighted by atomic mass is 16.5. The quantitative estimate of drug-likeness (QED) is 0.292. The Morgan fingerprint density at radius 2 is 1.68 bits per heavy atom. The molecular formula is C23H43NO4. The van der Waals surface area contributed by atoms with Crippen LogP contribution >= 0.6 is 0 Å². The van der Waals surface area contributed by atoms with Crippen molar-refractivity contribution in [3.05, 3.63) is 0 Å². The Bertz CT molecular complexity index is 432. The Hall–Kier alpha value is -0.940. The summed E-state index contributed by atoms with van der Waals surface area (Å²) in [4.78, 5) is 23.1. The number of esters is 1. The molecule has 0 bridgehead atoms. The maximum Gasteiger partial charge on any atom is 0.323 e. The molecule has 1 aliphatic rings. The van der Waals surface area contributed by atoms with Crippen molar-refractivity contribution in [2.24, 2.45) is 0 Å². The van der Waals surface area contributed by atoms with Crippen LogP contribution in [0.2, 0.25) is 0 Å². The number of aliphatic hydroxyl groups is 1. The van der Waals surface area contributed by atoms with Crippen LogP contribution in [0.3, 0.4) is 0 Å². The van der Waals surface area contributed by atoms with Gasteiger partial charge in [0, 0.05) is 6.42 Å². The van der Waals surface area contributed by atoms with Crippen molar-refractivity contribution < 1.29 is 19.4 Å². The van der Waals surface area contributed by atoms with E-state index in [-0.39, 0.29) is 17.8 Å². The number of hydrogen-bond donors (Lipinski definition) is 2. The number of rotatable bonds is 16. The fourth-order valence-corrected chi connectivity index (χ4v) is 4.11. The largest absolute Gasteiger partial charge is 0.465 e. The summed E-state index contributed by atoms with van der Waals surface area (Å²) in [5.41, 5.74) is -0.443. The molecule has 1 fully saturated rings. The first-order chi connectivity index (χ1) is 13.5. The first kappa shape index (κ1) is 25.1. The number of ether oxygens (including phenoxy) is 1. The molecule has 2 N–H and O–H groups in total. The molecule has 5 nitrogen and oxygen atoms in total.